The molecule has 0 aromatic heterocycles. The zero-order valence-corrected chi connectivity index (χ0v) is 27.5. The summed E-state index contributed by atoms with van der Waals surface area (Å²) >= 11 is 0. The van der Waals surface area contributed by atoms with E-state index in [-0.39, 0.29) is 25.8 Å². The highest BCUT2D eigenvalue weighted by Crippen LogP contribution is 2.47. The third kappa shape index (κ3) is 5.45. The number of ether oxygens (including phenoxy) is 3. The zero-order valence-electron chi connectivity index (χ0n) is 27.5. The molecule has 7 aromatic rings. The maximum atomic E-state index is 13.3. The maximum absolute atomic E-state index is 13.3. The van der Waals surface area contributed by atoms with Gasteiger partial charge in [-0.1, -0.05) is 91.0 Å². The van der Waals surface area contributed by atoms with Crippen molar-refractivity contribution in [3.8, 4) is 33.4 Å². The van der Waals surface area contributed by atoms with Crippen molar-refractivity contribution in [1.82, 2.24) is 0 Å². The van der Waals surface area contributed by atoms with E-state index in [0.717, 1.165) is 65.7 Å². The number of rotatable bonds is 9. The van der Waals surface area contributed by atoms with Gasteiger partial charge in [0.2, 0.25) is 0 Å². The fraction of sp³-hybridized carbons (Fsp3) is 0.140. The van der Waals surface area contributed by atoms with Crippen LogP contribution in [-0.4, -0.2) is 37.7 Å². The second-order valence-corrected chi connectivity index (χ2v) is 11.6. The Balaban J connectivity index is 1.61. The zero-order chi connectivity index (χ0) is 34.1. The van der Waals surface area contributed by atoms with E-state index < -0.39 is 11.9 Å². The summed E-state index contributed by atoms with van der Waals surface area (Å²) in [5.41, 5.74) is 6.18. The van der Waals surface area contributed by atoms with Gasteiger partial charge in [0.05, 0.1) is 36.5 Å². The molecule has 0 spiro atoms. The first-order valence-electron chi connectivity index (χ1n) is 16.5. The lowest BCUT2D eigenvalue weighted by molar-refractivity contribution is 0.0517. The fourth-order valence-corrected chi connectivity index (χ4v) is 6.89. The van der Waals surface area contributed by atoms with Crippen LogP contribution in [-0.2, 0) is 14.2 Å². The molecular formula is C43H34O6. The number of carbonyl (C=O) groups excluding carboxylic acids is 3. The fourth-order valence-electron chi connectivity index (χ4n) is 6.89. The van der Waals surface area contributed by atoms with Gasteiger partial charge in [0.15, 0.2) is 0 Å². The summed E-state index contributed by atoms with van der Waals surface area (Å²) in [5, 5.41) is 5.86. The molecule has 7 aromatic carbocycles. The van der Waals surface area contributed by atoms with Crippen LogP contribution in [0.15, 0.2) is 115 Å². The predicted octanol–water partition coefficient (Wildman–Crippen LogP) is 10.1. The Labute approximate surface area is 284 Å². The normalized spacial score (nSPS) is 11.2. The van der Waals surface area contributed by atoms with Crippen molar-refractivity contribution >= 4 is 50.2 Å². The van der Waals surface area contributed by atoms with E-state index in [1.807, 2.05) is 60.7 Å². The Hall–Kier alpha value is -6.01. The van der Waals surface area contributed by atoms with Crippen molar-refractivity contribution in [3.63, 3.8) is 0 Å². The van der Waals surface area contributed by atoms with Crippen LogP contribution in [0.4, 0.5) is 0 Å². The standard InChI is InChI=1S/C43H34O6/c1-4-47-41(44)34-16-10-7-13-27(34)30-21-19-26-20-22-32-37(28-14-8-11-17-35(28)42(45)48-5-2)25-38(33-24-23-31(30)39(26)40(32)33)29-15-9-12-18-36(29)43(46)49-6-3/h7-25H,4-6H2,1-3H3. The van der Waals surface area contributed by atoms with Gasteiger partial charge in [-0.3, -0.25) is 0 Å². The van der Waals surface area contributed by atoms with E-state index in [2.05, 4.69) is 36.4 Å². The van der Waals surface area contributed by atoms with Crippen LogP contribution in [0.1, 0.15) is 51.8 Å². The summed E-state index contributed by atoms with van der Waals surface area (Å²) in [5.74, 6) is -1.19. The Morgan fingerprint density at radius 2 is 0.776 bits per heavy atom. The average Bonchev–Trinajstić information content (AvgIpc) is 3.14. The van der Waals surface area contributed by atoms with Crippen LogP contribution in [0.5, 0.6) is 0 Å². The van der Waals surface area contributed by atoms with Gasteiger partial charge >= 0.3 is 17.9 Å². The van der Waals surface area contributed by atoms with E-state index in [0.29, 0.717) is 16.7 Å². The molecule has 0 radical (unpaired) electrons. The summed E-state index contributed by atoms with van der Waals surface area (Å²) < 4.78 is 16.4. The molecule has 242 valence electrons. The summed E-state index contributed by atoms with van der Waals surface area (Å²) in [4.78, 5) is 39.7. The molecule has 0 bridgehead atoms. The molecule has 6 nitrogen and oxygen atoms in total. The molecule has 6 heteroatoms. The Kier molecular flexibility index (Phi) is 8.54. The number of hydrogen-bond acceptors (Lipinski definition) is 6. The van der Waals surface area contributed by atoms with Gasteiger partial charge in [-0.25, -0.2) is 14.4 Å². The second kappa shape index (κ2) is 13.2. The smallest absolute Gasteiger partial charge is 0.338 e. The molecule has 0 aliphatic heterocycles. The van der Waals surface area contributed by atoms with E-state index in [1.165, 1.54) is 0 Å². The van der Waals surface area contributed by atoms with Gasteiger partial charge in [0.1, 0.15) is 0 Å². The third-order valence-electron chi connectivity index (χ3n) is 8.92. The molecular weight excluding hydrogens is 612 g/mol. The van der Waals surface area contributed by atoms with Crippen LogP contribution in [0.2, 0.25) is 0 Å². The minimum absolute atomic E-state index is 0.250. The first-order chi connectivity index (χ1) is 24.0. The molecule has 0 aliphatic rings. The molecule has 0 amide bonds. The van der Waals surface area contributed by atoms with E-state index in [9.17, 15) is 14.4 Å². The monoisotopic (exact) mass is 646 g/mol. The highest BCUT2D eigenvalue weighted by Gasteiger charge is 2.24. The first kappa shape index (κ1) is 31.6. The minimum atomic E-state index is -0.407. The van der Waals surface area contributed by atoms with Gasteiger partial charge in [-0.15, -0.1) is 0 Å². The average molecular weight is 647 g/mol. The van der Waals surface area contributed by atoms with E-state index >= 15 is 0 Å². The molecule has 7 rings (SSSR count). The minimum Gasteiger partial charge on any atom is -0.462 e. The topological polar surface area (TPSA) is 78.9 Å². The molecule has 49 heavy (non-hydrogen) atoms. The van der Waals surface area contributed by atoms with Gasteiger partial charge in [-0.05, 0) is 111 Å². The predicted molar refractivity (Wildman–Crippen MR) is 194 cm³/mol. The Morgan fingerprint density at radius 3 is 1.22 bits per heavy atom. The van der Waals surface area contributed by atoms with Crippen LogP contribution in [0.3, 0.4) is 0 Å². The second-order valence-electron chi connectivity index (χ2n) is 11.6. The van der Waals surface area contributed by atoms with Crippen molar-refractivity contribution in [1.29, 1.82) is 0 Å². The lowest BCUT2D eigenvalue weighted by atomic mass is 9.82. The van der Waals surface area contributed by atoms with Crippen LogP contribution >= 0.6 is 0 Å². The number of carbonyl (C=O) groups is 3. The van der Waals surface area contributed by atoms with Crippen molar-refractivity contribution in [3.05, 3.63) is 132 Å². The summed E-state index contributed by atoms with van der Waals surface area (Å²) in [7, 11) is 0. The lowest BCUT2D eigenvalue weighted by Gasteiger charge is -2.21. The molecule has 0 saturated heterocycles. The molecule has 0 fully saturated rings. The highest BCUT2D eigenvalue weighted by molar-refractivity contribution is 6.30. The lowest BCUT2D eigenvalue weighted by Crippen LogP contribution is -2.07. The number of benzene rings is 7. The number of hydrogen-bond donors (Lipinski definition) is 0. The molecule has 0 heterocycles. The third-order valence-corrected chi connectivity index (χ3v) is 8.92. The molecule has 0 atom stereocenters. The largest absolute Gasteiger partial charge is 0.462 e. The summed E-state index contributed by atoms with van der Waals surface area (Å²) in [6, 6.07) is 36.9. The summed E-state index contributed by atoms with van der Waals surface area (Å²) in [6.45, 7) is 6.15. The summed E-state index contributed by atoms with van der Waals surface area (Å²) in [6.07, 6.45) is 0. The SMILES string of the molecule is CCOC(=O)c1ccccc1-c1ccc2ccc3c(-c4ccccc4C(=O)OCC)cc(-c4ccccc4C(=O)OCC)c4ccc1c2c34. The quantitative estimate of drug-likeness (QED) is 0.0882. The van der Waals surface area contributed by atoms with Crippen molar-refractivity contribution in [2.45, 2.75) is 20.8 Å². The van der Waals surface area contributed by atoms with Crippen molar-refractivity contribution in [2.75, 3.05) is 19.8 Å². The van der Waals surface area contributed by atoms with Gasteiger partial charge < -0.3 is 14.2 Å². The van der Waals surface area contributed by atoms with Crippen LogP contribution < -0.4 is 0 Å². The van der Waals surface area contributed by atoms with Crippen molar-refractivity contribution < 1.29 is 28.6 Å². The Bertz CT molecular complexity index is 2310. The number of esters is 3. The molecule has 0 aliphatic carbocycles. The van der Waals surface area contributed by atoms with E-state index in [4.69, 9.17) is 14.2 Å². The Morgan fingerprint density at radius 1 is 0.408 bits per heavy atom. The van der Waals surface area contributed by atoms with E-state index in [1.54, 1.807) is 39.0 Å². The first-order valence-corrected chi connectivity index (χ1v) is 16.5. The van der Waals surface area contributed by atoms with Gasteiger partial charge in [0.25, 0.3) is 0 Å². The molecule has 0 saturated carbocycles. The molecule has 0 unspecified atom stereocenters. The maximum Gasteiger partial charge on any atom is 0.338 e. The highest BCUT2D eigenvalue weighted by atomic mass is 16.5. The van der Waals surface area contributed by atoms with Crippen LogP contribution in [0.25, 0.3) is 65.7 Å². The van der Waals surface area contributed by atoms with Crippen LogP contribution in [0, 0.1) is 0 Å². The van der Waals surface area contributed by atoms with Gasteiger partial charge in [-0.2, -0.15) is 0 Å². The molecule has 0 N–H and O–H groups in total. The van der Waals surface area contributed by atoms with Crippen molar-refractivity contribution in [2.24, 2.45) is 0 Å². The van der Waals surface area contributed by atoms with Gasteiger partial charge in [0, 0.05) is 0 Å².